The van der Waals surface area contributed by atoms with Crippen molar-refractivity contribution in [1.82, 2.24) is 4.98 Å². The van der Waals surface area contributed by atoms with Crippen LogP contribution in [0.5, 0.6) is 5.75 Å². The molecule has 1 aromatic heterocycles. The molecule has 1 heterocycles. The molecule has 0 aliphatic heterocycles. The summed E-state index contributed by atoms with van der Waals surface area (Å²) in [4.78, 5) is 28.6. The number of pyridine rings is 1. The quantitative estimate of drug-likeness (QED) is 0.356. The Bertz CT molecular complexity index is 1360. The summed E-state index contributed by atoms with van der Waals surface area (Å²) in [5.74, 6) is -7.02. The average molecular weight is 524 g/mol. The third-order valence-corrected chi connectivity index (χ3v) is 5.91. The highest BCUT2D eigenvalue weighted by atomic mass is 19.4. The molecule has 4 rings (SSSR count). The van der Waals surface area contributed by atoms with Gasteiger partial charge in [-0.05, 0) is 42.7 Å². The zero-order valence-electron chi connectivity index (χ0n) is 19.0. The number of amides is 1. The fraction of sp³-hybridized carbons (Fsp3) is 0.240. The Kier molecular flexibility index (Phi) is 6.39. The summed E-state index contributed by atoms with van der Waals surface area (Å²) in [7, 11) is 0. The highest BCUT2D eigenvalue weighted by Gasteiger charge is 2.53. The molecule has 0 radical (unpaired) electrons. The number of benzene rings is 2. The molecule has 0 spiro atoms. The Morgan fingerprint density at radius 1 is 1.03 bits per heavy atom. The van der Waals surface area contributed by atoms with E-state index in [0.717, 1.165) is 30.5 Å². The molecule has 2 aromatic carbocycles. The number of hydrogen-bond acceptors (Lipinski definition) is 4. The average Bonchev–Trinajstić information content (AvgIpc) is 3.59. The second-order valence-corrected chi connectivity index (χ2v) is 8.61. The van der Waals surface area contributed by atoms with Crippen LogP contribution in [0, 0.1) is 5.82 Å². The summed E-state index contributed by atoms with van der Waals surface area (Å²) in [6, 6.07) is 8.78. The van der Waals surface area contributed by atoms with Crippen LogP contribution in [0.2, 0.25) is 0 Å². The molecule has 0 atom stereocenters. The maximum absolute atomic E-state index is 14.6. The van der Waals surface area contributed by atoms with Crippen molar-refractivity contribution in [2.75, 3.05) is 5.32 Å². The van der Waals surface area contributed by atoms with Crippen molar-refractivity contribution >= 4 is 17.6 Å². The monoisotopic (exact) mass is 524 g/mol. The molecule has 1 aliphatic rings. The van der Waals surface area contributed by atoms with E-state index >= 15 is 0 Å². The van der Waals surface area contributed by atoms with Crippen LogP contribution in [-0.2, 0) is 16.1 Å². The van der Waals surface area contributed by atoms with Gasteiger partial charge in [0.05, 0.1) is 11.0 Å². The Hall–Kier alpha value is -4.09. The van der Waals surface area contributed by atoms with Gasteiger partial charge in [-0.25, -0.2) is 9.18 Å². The first kappa shape index (κ1) is 26.0. The van der Waals surface area contributed by atoms with Crippen molar-refractivity contribution in [2.24, 2.45) is 0 Å². The Morgan fingerprint density at radius 2 is 1.73 bits per heavy atom. The van der Waals surface area contributed by atoms with E-state index in [9.17, 15) is 41.0 Å². The van der Waals surface area contributed by atoms with Gasteiger partial charge in [0.1, 0.15) is 17.3 Å². The van der Waals surface area contributed by atoms with E-state index in [1.165, 1.54) is 18.2 Å². The van der Waals surface area contributed by atoms with Crippen LogP contribution < -0.4 is 10.1 Å². The number of carboxylic acids is 1. The number of alkyl halides is 5. The van der Waals surface area contributed by atoms with E-state index < -0.39 is 46.8 Å². The van der Waals surface area contributed by atoms with Gasteiger partial charge in [0.15, 0.2) is 0 Å². The van der Waals surface area contributed by atoms with Crippen LogP contribution in [0.1, 0.15) is 41.4 Å². The standard InChI is InChI=1S/C25H18F6N2O4/c1-23(27,28)20-7-2-13(12-32-20)16-5-3-14(10-17(16)21(34)35)33-22(36)24(8-9-24)18-6-4-15(11-19(18)26)37-25(29,30)31/h2-7,10-12H,8-9H2,1H3,(H,33,36)(H,34,35). The van der Waals surface area contributed by atoms with Gasteiger partial charge in [-0.2, -0.15) is 8.78 Å². The zero-order chi connectivity index (χ0) is 27.2. The summed E-state index contributed by atoms with van der Waals surface area (Å²) >= 11 is 0. The van der Waals surface area contributed by atoms with Gasteiger partial charge in [0, 0.05) is 36.0 Å². The number of aromatic carboxylic acids is 1. The summed E-state index contributed by atoms with van der Waals surface area (Å²) in [6.45, 7) is 0.679. The summed E-state index contributed by atoms with van der Waals surface area (Å²) in [6.07, 6.45) is -3.45. The number of carbonyl (C=O) groups is 2. The highest BCUT2D eigenvalue weighted by Crippen LogP contribution is 2.50. The number of carbonyl (C=O) groups excluding carboxylic acids is 1. The smallest absolute Gasteiger partial charge is 0.478 e. The highest BCUT2D eigenvalue weighted by molar-refractivity contribution is 6.03. The lowest BCUT2D eigenvalue weighted by Crippen LogP contribution is -2.29. The fourth-order valence-corrected chi connectivity index (χ4v) is 3.94. The fourth-order valence-electron chi connectivity index (χ4n) is 3.94. The molecule has 1 aliphatic carbocycles. The normalized spacial score (nSPS) is 14.7. The Morgan fingerprint density at radius 3 is 2.24 bits per heavy atom. The van der Waals surface area contributed by atoms with Gasteiger partial charge in [-0.15, -0.1) is 13.2 Å². The molecular weight excluding hydrogens is 506 g/mol. The number of halogens is 6. The molecule has 12 heteroatoms. The molecule has 37 heavy (non-hydrogen) atoms. The third-order valence-electron chi connectivity index (χ3n) is 5.91. The van der Waals surface area contributed by atoms with E-state index in [-0.39, 0.29) is 40.8 Å². The Balaban J connectivity index is 1.58. The van der Waals surface area contributed by atoms with Crippen molar-refractivity contribution in [2.45, 2.75) is 37.5 Å². The maximum Gasteiger partial charge on any atom is 0.573 e. The van der Waals surface area contributed by atoms with Gasteiger partial charge in [-0.3, -0.25) is 9.78 Å². The van der Waals surface area contributed by atoms with Crippen molar-refractivity contribution < 1.29 is 45.8 Å². The first-order chi connectivity index (χ1) is 17.2. The van der Waals surface area contributed by atoms with Gasteiger partial charge < -0.3 is 15.2 Å². The summed E-state index contributed by atoms with van der Waals surface area (Å²) < 4.78 is 82.4. The zero-order valence-corrected chi connectivity index (χ0v) is 19.0. The SMILES string of the molecule is CC(F)(F)c1ccc(-c2ccc(NC(=O)C3(c4ccc(OC(F)(F)F)cc4F)CC3)cc2C(=O)O)cn1. The molecule has 1 fully saturated rings. The van der Waals surface area contributed by atoms with Crippen LogP contribution in [0.4, 0.5) is 32.0 Å². The lowest BCUT2D eigenvalue weighted by atomic mass is 9.93. The van der Waals surface area contributed by atoms with Gasteiger partial charge in [0.25, 0.3) is 5.92 Å². The first-order valence-corrected chi connectivity index (χ1v) is 10.8. The van der Waals surface area contributed by atoms with Crippen LogP contribution in [-0.4, -0.2) is 28.3 Å². The molecule has 6 nitrogen and oxygen atoms in total. The van der Waals surface area contributed by atoms with E-state index in [1.54, 1.807) is 0 Å². The van der Waals surface area contributed by atoms with E-state index in [4.69, 9.17) is 0 Å². The molecule has 2 N–H and O–H groups in total. The number of rotatable bonds is 7. The number of anilines is 1. The second-order valence-electron chi connectivity index (χ2n) is 8.61. The maximum atomic E-state index is 14.6. The third kappa shape index (κ3) is 5.52. The van der Waals surface area contributed by atoms with Crippen molar-refractivity contribution in [3.8, 4) is 16.9 Å². The summed E-state index contributed by atoms with van der Waals surface area (Å²) in [5.41, 5.74) is -1.71. The number of ether oxygens (including phenoxy) is 1. The number of carboxylic acid groups (broad SMARTS) is 1. The first-order valence-electron chi connectivity index (χ1n) is 10.8. The largest absolute Gasteiger partial charge is 0.573 e. The molecule has 194 valence electrons. The number of hydrogen-bond donors (Lipinski definition) is 2. The summed E-state index contributed by atoms with van der Waals surface area (Å²) in [5, 5.41) is 12.2. The lowest BCUT2D eigenvalue weighted by molar-refractivity contribution is -0.274. The van der Waals surface area contributed by atoms with Crippen LogP contribution in [0.25, 0.3) is 11.1 Å². The molecule has 1 amide bonds. The molecular formula is C25H18F6N2O4. The lowest BCUT2D eigenvalue weighted by Gasteiger charge is -2.18. The minimum atomic E-state index is -5.00. The molecule has 0 unspecified atom stereocenters. The molecule has 1 saturated carbocycles. The van der Waals surface area contributed by atoms with Crippen molar-refractivity contribution in [3.63, 3.8) is 0 Å². The number of aromatic nitrogens is 1. The molecule has 3 aromatic rings. The van der Waals surface area contributed by atoms with Crippen LogP contribution in [0.3, 0.4) is 0 Å². The Labute approximate surface area is 205 Å². The van der Waals surface area contributed by atoms with Gasteiger partial charge in [0.2, 0.25) is 5.91 Å². The van der Waals surface area contributed by atoms with Crippen LogP contribution >= 0.6 is 0 Å². The van der Waals surface area contributed by atoms with E-state index in [1.807, 2.05) is 0 Å². The van der Waals surface area contributed by atoms with Crippen LogP contribution in [0.15, 0.2) is 54.7 Å². The van der Waals surface area contributed by atoms with Gasteiger partial charge in [-0.1, -0.05) is 18.2 Å². The molecule has 0 bridgehead atoms. The van der Waals surface area contributed by atoms with Gasteiger partial charge >= 0.3 is 12.3 Å². The minimum Gasteiger partial charge on any atom is -0.478 e. The van der Waals surface area contributed by atoms with E-state index in [2.05, 4.69) is 15.0 Å². The molecule has 0 saturated heterocycles. The predicted molar refractivity (Wildman–Crippen MR) is 119 cm³/mol. The topological polar surface area (TPSA) is 88.5 Å². The number of nitrogens with one attached hydrogen (secondary N) is 1. The predicted octanol–water partition coefficient (Wildman–Crippen LogP) is 6.27. The van der Waals surface area contributed by atoms with E-state index in [0.29, 0.717) is 13.0 Å². The number of nitrogens with zero attached hydrogens (tertiary/aromatic N) is 1. The minimum absolute atomic E-state index is 0.0690. The second kappa shape index (κ2) is 9.09. The van der Waals surface area contributed by atoms with Crippen molar-refractivity contribution in [1.29, 1.82) is 0 Å². The van der Waals surface area contributed by atoms with Crippen molar-refractivity contribution in [3.05, 3.63) is 77.4 Å².